The molecule has 17 heavy (non-hydrogen) atoms. The Kier molecular flexibility index (Phi) is 4.01. The van der Waals surface area contributed by atoms with Crippen LogP contribution in [-0.4, -0.2) is 17.1 Å². The number of halogens is 2. The number of hydrogen-bond acceptors (Lipinski definition) is 4. The second kappa shape index (κ2) is 5.50. The first kappa shape index (κ1) is 12.4. The maximum Gasteiger partial charge on any atom is 0.227 e. The van der Waals surface area contributed by atoms with Crippen molar-refractivity contribution in [2.45, 2.75) is 0 Å². The molecule has 0 fully saturated rings. The summed E-state index contributed by atoms with van der Waals surface area (Å²) in [5.74, 6) is 1.17. The fourth-order valence-electron chi connectivity index (χ4n) is 1.25. The van der Waals surface area contributed by atoms with Crippen molar-refractivity contribution in [3.8, 4) is 5.75 Å². The van der Waals surface area contributed by atoms with Crippen molar-refractivity contribution in [2.24, 2.45) is 0 Å². The van der Waals surface area contributed by atoms with Gasteiger partial charge in [-0.25, -0.2) is 9.97 Å². The minimum atomic E-state index is 0.534. The summed E-state index contributed by atoms with van der Waals surface area (Å²) in [7, 11) is 1.58. The fraction of sp³-hybridized carbons (Fsp3) is 0.0909. The summed E-state index contributed by atoms with van der Waals surface area (Å²) in [6, 6.07) is 5.41. The van der Waals surface area contributed by atoms with Gasteiger partial charge < -0.3 is 10.1 Å². The Morgan fingerprint density at radius 2 is 2.00 bits per heavy atom. The Morgan fingerprint density at radius 1 is 1.29 bits per heavy atom. The quantitative estimate of drug-likeness (QED) is 0.850. The smallest absolute Gasteiger partial charge is 0.227 e. The molecule has 0 unspecified atom stereocenters. The van der Waals surface area contributed by atoms with Crippen LogP contribution in [-0.2, 0) is 0 Å². The first-order valence-electron chi connectivity index (χ1n) is 4.77. The molecular weight excluding hydrogens is 352 g/mol. The van der Waals surface area contributed by atoms with E-state index in [2.05, 4.69) is 37.9 Å². The molecule has 1 aromatic heterocycles. The van der Waals surface area contributed by atoms with E-state index in [1.54, 1.807) is 31.6 Å². The number of ether oxygens (including phenoxy) is 1. The lowest BCUT2D eigenvalue weighted by molar-refractivity contribution is 0.415. The molecule has 0 radical (unpaired) electrons. The molecule has 0 atom stereocenters. The van der Waals surface area contributed by atoms with Crippen LogP contribution in [0.4, 0.5) is 11.6 Å². The second-order valence-electron chi connectivity index (χ2n) is 3.20. The molecule has 1 heterocycles. The molecule has 0 aliphatic rings. The number of aromatic nitrogens is 2. The summed E-state index contributed by atoms with van der Waals surface area (Å²) in [5.41, 5.74) is 0.817. The number of nitrogens with one attached hydrogen (secondary N) is 1. The average molecular weight is 362 g/mol. The van der Waals surface area contributed by atoms with E-state index in [1.807, 2.05) is 6.07 Å². The molecule has 88 valence electrons. The number of nitrogens with zero attached hydrogens (tertiary/aromatic N) is 2. The Morgan fingerprint density at radius 3 is 2.59 bits per heavy atom. The van der Waals surface area contributed by atoms with Crippen LogP contribution in [0.3, 0.4) is 0 Å². The third-order valence-electron chi connectivity index (χ3n) is 2.03. The Balaban J connectivity index is 2.19. The van der Waals surface area contributed by atoms with Crippen molar-refractivity contribution >= 4 is 45.8 Å². The lowest BCUT2D eigenvalue weighted by Crippen LogP contribution is -1.97. The van der Waals surface area contributed by atoms with Crippen molar-refractivity contribution in [1.82, 2.24) is 9.97 Å². The number of methoxy groups -OCH3 is 1. The second-order valence-corrected chi connectivity index (χ2v) is 4.85. The molecule has 2 aromatic rings. The highest BCUT2D eigenvalue weighted by Crippen LogP contribution is 2.28. The summed E-state index contributed by atoms with van der Waals surface area (Å²) >= 11 is 8.17. The first-order valence-corrected chi connectivity index (χ1v) is 6.23. The van der Waals surface area contributed by atoms with E-state index in [1.165, 1.54) is 0 Å². The van der Waals surface area contributed by atoms with Gasteiger partial charge in [-0.3, -0.25) is 0 Å². The minimum Gasteiger partial charge on any atom is -0.495 e. The van der Waals surface area contributed by atoms with Crippen molar-refractivity contribution in [3.63, 3.8) is 0 Å². The molecule has 1 N–H and O–H groups in total. The van der Waals surface area contributed by atoms with Gasteiger partial charge in [-0.15, -0.1) is 0 Å². The third kappa shape index (κ3) is 3.19. The van der Waals surface area contributed by atoms with Crippen LogP contribution in [0, 0.1) is 3.57 Å². The Hall–Kier alpha value is -1.08. The molecule has 0 amide bonds. The number of benzene rings is 1. The van der Waals surface area contributed by atoms with E-state index in [-0.39, 0.29) is 0 Å². The predicted octanol–water partition coefficient (Wildman–Crippen LogP) is 3.49. The lowest BCUT2D eigenvalue weighted by atomic mass is 10.3. The van der Waals surface area contributed by atoms with Gasteiger partial charge in [0, 0.05) is 21.7 Å². The van der Waals surface area contributed by atoms with Crippen LogP contribution in [0.5, 0.6) is 5.75 Å². The summed E-state index contributed by atoms with van der Waals surface area (Å²) < 4.78 is 6.06. The van der Waals surface area contributed by atoms with Crippen molar-refractivity contribution in [2.75, 3.05) is 12.4 Å². The van der Waals surface area contributed by atoms with Crippen LogP contribution in [0.25, 0.3) is 0 Å². The highest BCUT2D eigenvalue weighted by Gasteiger charge is 2.03. The number of anilines is 2. The van der Waals surface area contributed by atoms with E-state index in [0.29, 0.717) is 16.7 Å². The molecule has 0 aliphatic carbocycles. The SMILES string of the molecule is COc1ccc(Nc2ncc(I)cn2)cc1Cl. The molecule has 0 spiro atoms. The van der Waals surface area contributed by atoms with E-state index in [0.717, 1.165) is 9.26 Å². The zero-order valence-corrected chi connectivity index (χ0v) is 11.9. The summed E-state index contributed by atoms with van der Waals surface area (Å²) in [4.78, 5) is 8.28. The minimum absolute atomic E-state index is 0.534. The maximum absolute atomic E-state index is 6.01. The number of hydrogen-bond donors (Lipinski definition) is 1. The van der Waals surface area contributed by atoms with E-state index in [9.17, 15) is 0 Å². The highest BCUT2D eigenvalue weighted by atomic mass is 127. The third-order valence-corrected chi connectivity index (χ3v) is 2.88. The van der Waals surface area contributed by atoms with E-state index in [4.69, 9.17) is 16.3 Å². The van der Waals surface area contributed by atoms with Crippen LogP contribution >= 0.6 is 34.2 Å². The Bertz CT molecular complexity index is 519. The van der Waals surface area contributed by atoms with Gasteiger partial charge in [0.25, 0.3) is 0 Å². The molecular formula is C11H9ClIN3O. The summed E-state index contributed by atoms with van der Waals surface area (Å²) in [6.45, 7) is 0. The standard InChI is InChI=1S/C11H9ClIN3O/c1-17-10-3-2-8(4-9(10)12)16-11-14-5-7(13)6-15-11/h2-6H,1H3,(H,14,15,16). The van der Waals surface area contributed by atoms with Crippen LogP contribution in [0.1, 0.15) is 0 Å². The monoisotopic (exact) mass is 361 g/mol. The highest BCUT2D eigenvalue weighted by molar-refractivity contribution is 14.1. The molecule has 1 aromatic carbocycles. The number of rotatable bonds is 3. The van der Waals surface area contributed by atoms with E-state index < -0.39 is 0 Å². The van der Waals surface area contributed by atoms with Gasteiger partial charge in [0.1, 0.15) is 5.75 Å². The predicted molar refractivity (Wildman–Crippen MR) is 76.0 cm³/mol. The molecule has 0 aliphatic heterocycles. The van der Waals surface area contributed by atoms with Gasteiger partial charge in [-0.1, -0.05) is 11.6 Å². The molecule has 6 heteroatoms. The average Bonchev–Trinajstić information content (AvgIpc) is 2.32. The summed E-state index contributed by atoms with van der Waals surface area (Å²) in [6.07, 6.45) is 3.47. The molecule has 0 bridgehead atoms. The molecule has 2 rings (SSSR count). The van der Waals surface area contributed by atoms with Gasteiger partial charge in [0.05, 0.1) is 12.1 Å². The maximum atomic E-state index is 6.01. The van der Waals surface area contributed by atoms with Gasteiger partial charge in [0.2, 0.25) is 5.95 Å². The van der Waals surface area contributed by atoms with Crippen molar-refractivity contribution in [3.05, 3.63) is 39.2 Å². The fourth-order valence-corrected chi connectivity index (χ4v) is 1.79. The van der Waals surface area contributed by atoms with E-state index >= 15 is 0 Å². The van der Waals surface area contributed by atoms with Crippen molar-refractivity contribution < 1.29 is 4.74 Å². The molecule has 0 saturated heterocycles. The molecule has 4 nitrogen and oxygen atoms in total. The first-order chi connectivity index (χ1) is 8.19. The van der Waals surface area contributed by atoms with Crippen LogP contribution in [0.15, 0.2) is 30.6 Å². The largest absolute Gasteiger partial charge is 0.495 e. The Labute approximate surface area is 118 Å². The van der Waals surface area contributed by atoms with Gasteiger partial charge in [-0.2, -0.15) is 0 Å². The van der Waals surface area contributed by atoms with Crippen molar-refractivity contribution in [1.29, 1.82) is 0 Å². The summed E-state index contributed by atoms with van der Waals surface area (Å²) in [5, 5.41) is 3.60. The van der Waals surface area contributed by atoms with Crippen LogP contribution < -0.4 is 10.1 Å². The topological polar surface area (TPSA) is 47.0 Å². The lowest BCUT2D eigenvalue weighted by Gasteiger charge is -2.07. The van der Waals surface area contributed by atoms with Gasteiger partial charge >= 0.3 is 0 Å². The van der Waals surface area contributed by atoms with Gasteiger partial charge in [-0.05, 0) is 40.8 Å². The zero-order chi connectivity index (χ0) is 12.3. The zero-order valence-electron chi connectivity index (χ0n) is 8.95. The van der Waals surface area contributed by atoms with Crippen LogP contribution in [0.2, 0.25) is 5.02 Å². The van der Waals surface area contributed by atoms with Gasteiger partial charge in [0.15, 0.2) is 0 Å². The normalized spacial score (nSPS) is 10.1. The molecule has 0 saturated carbocycles.